The van der Waals surface area contributed by atoms with Crippen LogP contribution in [0.5, 0.6) is 0 Å². The molecular formula is C16H26BrNO. The average Bonchev–Trinajstić information content (AvgIpc) is 2.86. The Bertz CT molecular complexity index is 377. The zero-order chi connectivity index (χ0) is 13.7. The Balaban J connectivity index is 2.15. The summed E-state index contributed by atoms with van der Waals surface area (Å²) in [5.41, 5.74) is 0. The van der Waals surface area contributed by atoms with Crippen LogP contribution in [0.1, 0.15) is 64.2 Å². The zero-order valence-electron chi connectivity index (χ0n) is 12.1. The molecule has 1 aliphatic rings. The normalized spacial score (nSPS) is 25.4. The first kappa shape index (κ1) is 15.1. The summed E-state index contributed by atoms with van der Waals surface area (Å²) in [7, 11) is 0. The second-order valence-electron chi connectivity index (χ2n) is 5.69. The van der Waals surface area contributed by atoms with E-state index < -0.39 is 0 Å². The second-order valence-corrected chi connectivity index (χ2v) is 6.47. The Hall–Kier alpha value is -0.280. The van der Waals surface area contributed by atoms with Crippen LogP contribution >= 0.6 is 15.9 Å². The number of hydrogen-bond donors (Lipinski definition) is 1. The molecule has 1 heterocycles. The van der Waals surface area contributed by atoms with E-state index in [1.807, 2.05) is 6.07 Å². The summed E-state index contributed by atoms with van der Waals surface area (Å²) in [4.78, 5) is 0. The van der Waals surface area contributed by atoms with Crippen LogP contribution < -0.4 is 5.32 Å². The maximum absolute atomic E-state index is 5.84. The van der Waals surface area contributed by atoms with Gasteiger partial charge in [0.1, 0.15) is 5.76 Å². The fraction of sp³-hybridized carbons (Fsp3) is 0.750. The largest absolute Gasteiger partial charge is 0.453 e. The van der Waals surface area contributed by atoms with Crippen molar-refractivity contribution in [3.63, 3.8) is 0 Å². The summed E-state index contributed by atoms with van der Waals surface area (Å²) >= 11 is 3.43. The summed E-state index contributed by atoms with van der Waals surface area (Å²) in [5.74, 6) is 2.67. The molecule has 0 amide bonds. The number of hydrogen-bond acceptors (Lipinski definition) is 2. The van der Waals surface area contributed by atoms with Crippen molar-refractivity contribution in [3.05, 3.63) is 22.6 Å². The minimum Gasteiger partial charge on any atom is -0.453 e. The quantitative estimate of drug-likeness (QED) is 0.766. The number of rotatable bonds is 6. The van der Waals surface area contributed by atoms with Crippen molar-refractivity contribution >= 4 is 15.9 Å². The highest BCUT2D eigenvalue weighted by Crippen LogP contribution is 2.41. The smallest absolute Gasteiger partial charge is 0.169 e. The van der Waals surface area contributed by atoms with Gasteiger partial charge in [0, 0.05) is 0 Å². The van der Waals surface area contributed by atoms with Crippen molar-refractivity contribution in [1.29, 1.82) is 0 Å². The summed E-state index contributed by atoms with van der Waals surface area (Å²) < 4.78 is 6.69. The van der Waals surface area contributed by atoms with E-state index in [0.29, 0.717) is 6.04 Å². The Morgan fingerprint density at radius 3 is 2.74 bits per heavy atom. The highest BCUT2D eigenvalue weighted by Gasteiger charge is 2.33. The molecule has 1 aromatic heterocycles. The van der Waals surface area contributed by atoms with Crippen molar-refractivity contribution in [2.45, 2.75) is 58.4 Å². The molecule has 2 rings (SSSR count). The number of halogens is 1. The van der Waals surface area contributed by atoms with Gasteiger partial charge in [-0.1, -0.05) is 39.5 Å². The van der Waals surface area contributed by atoms with Crippen molar-refractivity contribution in [3.8, 4) is 0 Å². The molecule has 0 saturated heterocycles. The van der Waals surface area contributed by atoms with Crippen molar-refractivity contribution < 1.29 is 4.42 Å². The van der Waals surface area contributed by atoms with E-state index in [4.69, 9.17) is 4.42 Å². The van der Waals surface area contributed by atoms with Crippen LogP contribution in [0.15, 0.2) is 21.2 Å². The predicted molar refractivity (Wildman–Crippen MR) is 83.2 cm³/mol. The lowest BCUT2D eigenvalue weighted by Crippen LogP contribution is -2.34. The lowest BCUT2D eigenvalue weighted by molar-refractivity contribution is 0.160. The van der Waals surface area contributed by atoms with Gasteiger partial charge in [0.15, 0.2) is 4.67 Å². The van der Waals surface area contributed by atoms with Crippen LogP contribution in [-0.4, -0.2) is 6.54 Å². The molecule has 2 nitrogen and oxygen atoms in total. The first-order valence-corrected chi connectivity index (χ1v) is 8.54. The standard InChI is InChI=1S/C16H26BrNO/c1-3-11-18-16(14-9-10-15(17)19-14)13-8-6-5-7-12(13)4-2/h9-10,12-13,16,18H,3-8,11H2,1-2H3. The van der Waals surface area contributed by atoms with Gasteiger partial charge in [0.25, 0.3) is 0 Å². The van der Waals surface area contributed by atoms with Crippen molar-refractivity contribution in [2.24, 2.45) is 11.8 Å². The molecule has 19 heavy (non-hydrogen) atoms. The summed E-state index contributed by atoms with van der Waals surface area (Å²) in [6, 6.07) is 4.52. The van der Waals surface area contributed by atoms with Crippen LogP contribution in [0.4, 0.5) is 0 Å². The second kappa shape index (κ2) is 7.49. The van der Waals surface area contributed by atoms with Crippen LogP contribution in [0, 0.1) is 11.8 Å². The van der Waals surface area contributed by atoms with Gasteiger partial charge in [-0.05, 0) is 59.3 Å². The maximum atomic E-state index is 5.84. The van der Waals surface area contributed by atoms with Gasteiger partial charge in [-0.2, -0.15) is 0 Å². The molecule has 0 aromatic carbocycles. The first-order chi connectivity index (χ1) is 9.26. The molecule has 0 spiro atoms. The first-order valence-electron chi connectivity index (χ1n) is 7.74. The van der Waals surface area contributed by atoms with Crippen LogP contribution in [-0.2, 0) is 0 Å². The highest BCUT2D eigenvalue weighted by atomic mass is 79.9. The van der Waals surface area contributed by atoms with E-state index in [1.165, 1.54) is 38.5 Å². The zero-order valence-corrected chi connectivity index (χ0v) is 13.7. The molecule has 1 aliphatic carbocycles. The molecule has 0 radical (unpaired) electrons. The number of furan rings is 1. The molecule has 1 N–H and O–H groups in total. The topological polar surface area (TPSA) is 25.2 Å². The minimum atomic E-state index is 0.386. The van der Waals surface area contributed by atoms with Crippen LogP contribution in [0.25, 0.3) is 0 Å². The molecule has 3 heteroatoms. The molecule has 108 valence electrons. The van der Waals surface area contributed by atoms with Gasteiger partial charge in [-0.25, -0.2) is 0 Å². The highest BCUT2D eigenvalue weighted by molar-refractivity contribution is 9.10. The Kier molecular flexibility index (Phi) is 5.96. The van der Waals surface area contributed by atoms with Crippen molar-refractivity contribution in [1.82, 2.24) is 5.32 Å². The molecule has 0 bridgehead atoms. The minimum absolute atomic E-state index is 0.386. The predicted octanol–water partition coefficient (Wildman–Crippen LogP) is 5.30. The third kappa shape index (κ3) is 3.85. The van der Waals surface area contributed by atoms with Gasteiger partial charge in [0.05, 0.1) is 6.04 Å². The lowest BCUT2D eigenvalue weighted by Gasteiger charge is -2.36. The lowest BCUT2D eigenvalue weighted by atomic mass is 9.73. The third-order valence-electron chi connectivity index (χ3n) is 4.44. The summed E-state index contributed by atoms with van der Waals surface area (Å²) in [5, 5.41) is 3.72. The molecular weight excluding hydrogens is 302 g/mol. The summed E-state index contributed by atoms with van der Waals surface area (Å²) in [6.07, 6.45) is 7.94. The van der Waals surface area contributed by atoms with Gasteiger partial charge in [-0.3, -0.25) is 0 Å². The van der Waals surface area contributed by atoms with E-state index in [1.54, 1.807) is 0 Å². The third-order valence-corrected chi connectivity index (χ3v) is 4.86. The van der Waals surface area contributed by atoms with Gasteiger partial charge < -0.3 is 9.73 Å². The Morgan fingerprint density at radius 2 is 2.11 bits per heavy atom. The fourth-order valence-electron chi connectivity index (χ4n) is 3.44. The van der Waals surface area contributed by atoms with Gasteiger partial charge in [0.2, 0.25) is 0 Å². The molecule has 1 saturated carbocycles. The maximum Gasteiger partial charge on any atom is 0.169 e. The fourth-order valence-corrected chi connectivity index (χ4v) is 3.76. The summed E-state index contributed by atoms with van der Waals surface area (Å²) in [6.45, 7) is 5.62. The van der Waals surface area contributed by atoms with E-state index in [2.05, 4.69) is 41.2 Å². The van der Waals surface area contributed by atoms with Crippen LogP contribution in [0.2, 0.25) is 0 Å². The van der Waals surface area contributed by atoms with E-state index in [-0.39, 0.29) is 0 Å². The Morgan fingerprint density at radius 1 is 1.32 bits per heavy atom. The molecule has 0 aliphatic heterocycles. The van der Waals surface area contributed by atoms with E-state index >= 15 is 0 Å². The average molecular weight is 328 g/mol. The van der Waals surface area contributed by atoms with Gasteiger partial charge >= 0.3 is 0 Å². The monoisotopic (exact) mass is 327 g/mol. The van der Waals surface area contributed by atoms with Gasteiger partial charge in [-0.15, -0.1) is 0 Å². The molecule has 3 unspecified atom stereocenters. The van der Waals surface area contributed by atoms with E-state index in [9.17, 15) is 0 Å². The van der Waals surface area contributed by atoms with Crippen molar-refractivity contribution in [2.75, 3.05) is 6.54 Å². The molecule has 1 aromatic rings. The SMILES string of the molecule is CCCNC(c1ccc(Br)o1)C1CCCCC1CC. The molecule has 1 fully saturated rings. The number of nitrogens with one attached hydrogen (secondary N) is 1. The Labute approximate surface area is 125 Å². The molecule has 3 atom stereocenters. The van der Waals surface area contributed by atoms with E-state index in [0.717, 1.165) is 28.8 Å². The van der Waals surface area contributed by atoms with Crippen LogP contribution in [0.3, 0.4) is 0 Å².